The third-order valence-electron chi connectivity index (χ3n) is 3.81. The van der Waals surface area contributed by atoms with E-state index in [0.717, 1.165) is 18.4 Å². The van der Waals surface area contributed by atoms with Crippen molar-refractivity contribution in [3.63, 3.8) is 0 Å². The van der Waals surface area contributed by atoms with Crippen LogP contribution in [0.25, 0.3) is 0 Å². The Morgan fingerprint density at radius 2 is 1.95 bits per heavy atom. The number of carbonyl (C=O) groups is 2. The molecule has 1 aromatic carbocycles. The fourth-order valence-corrected chi connectivity index (χ4v) is 2.66. The Kier molecular flexibility index (Phi) is 4.25. The molecule has 1 fully saturated rings. The van der Waals surface area contributed by atoms with Crippen LogP contribution in [-0.4, -0.2) is 29.7 Å². The van der Waals surface area contributed by atoms with Gasteiger partial charge in [-0.2, -0.15) is 0 Å². The third kappa shape index (κ3) is 3.16. The van der Waals surface area contributed by atoms with Crippen LogP contribution in [0.15, 0.2) is 18.2 Å². The largest absolute Gasteiger partial charge is 0.339 e. The zero-order valence-corrected chi connectivity index (χ0v) is 12.0. The molecule has 0 saturated heterocycles. The summed E-state index contributed by atoms with van der Waals surface area (Å²) < 4.78 is 0. The van der Waals surface area contributed by atoms with Gasteiger partial charge in [0.05, 0.1) is 0 Å². The van der Waals surface area contributed by atoms with Crippen LogP contribution in [0.4, 0.5) is 0 Å². The Balaban J connectivity index is 2.14. The molecular formula is C15H18ClNO2. The van der Waals surface area contributed by atoms with Gasteiger partial charge in [0.15, 0.2) is 0 Å². The van der Waals surface area contributed by atoms with E-state index in [0.29, 0.717) is 29.2 Å². The quantitative estimate of drug-likeness (QED) is 0.833. The number of halogens is 1. The van der Waals surface area contributed by atoms with Gasteiger partial charge in [0.2, 0.25) is 0 Å². The second kappa shape index (κ2) is 5.74. The van der Waals surface area contributed by atoms with Gasteiger partial charge in [-0.05, 0) is 37.5 Å². The zero-order chi connectivity index (χ0) is 14.0. The number of amides is 1. The van der Waals surface area contributed by atoms with Gasteiger partial charge in [0.1, 0.15) is 5.78 Å². The van der Waals surface area contributed by atoms with Crippen molar-refractivity contribution in [3.05, 3.63) is 34.3 Å². The van der Waals surface area contributed by atoms with Crippen molar-refractivity contribution in [1.29, 1.82) is 0 Å². The van der Waals surface area contributed by atoms with E-state index in [4.69, 9.17) is 11.6 Å². The molecular weight excluding hydrogens is 262 g/mol. The van der Waals surface area contributed by atoms with Gasteiger partial charge in [-0.15, -0.1) is 0 Å². The van der Waals surface area contributed by atoms with E-state index in [1.807, 2.05) is 20.0 Å². The van der Waals surface area contributed by atoms with E-state index in [9.17, 15) is 9.59 Å². The predicted molar refractivity (Wildman–Crippen MR) is 75.5 cm³/mol. The van der Waals surface area contributed by atoms with Gasteiger partial charge in [-0.25, -0.2) is 0 Å². The molecule has 1 aromatic rings. The summed E-state index contributed by atoms with van der Waals surface area (Å²) >= 11 is 5.96. The van der Waals surface area contributed by atoms with Crippen molar-refractivity contribution in [1.82, 2.24) is 4.90 Å². The normalized spacial score (nSPS) is 16.5. The molecule has 0 unspecified atom stereocenters. The molecule has 0 spiro atoms. The Hall–Kier alpha value is -1.35. The zero-order valence-electron chi connectivity index (χ0n) is 11.3. The fraction of sp³-hybridized carbons (Fsp3) is 0.467. The number of nitrogens with zero attached hydrogens (tertiary/aromatic N) is 1. The first-order chi connectivity index (χ1) is 8.99. The average Bonchev–Trinajstić information content (AvgIpc) is 2.41. The highest BCUT2D eigenvalue weighted by atomic mass is 35.5. The first-order valence-electron chi connectivity index (χ1n) is 6.54. The van der Waals surface area contributed by atoms with Crippen molar-refractivity contribution >= 4 is 23.3 Å². The van der Waals surface area contributed by atoms with Crippen LogP contribution in [0.3, 0.4) is 0 Å². The van der Waals surface area contributed by atoms with Gasteiger partial charge in [0, 0.05) is 36.5 Å². The van der Waals surface area contributed by atoms with Gasteiger partial charge < -0.3 is 4.90 Å². The van der Waals surface area contributed by atoms with E-state index >= 15 is 0 Å². The molecule has 0 atom stereocenters. The molecule has 102 valence electrons. The van der Waals surface area contributed by atoms with Crippen LogP contribution in [0, 0.1) is 6.92 Å². The number of benzene rings is 1. The van der Waals surface area contributed by atoms with E-state index in [1.54, 1.807) is 17.0 Å². The molecule has 1 amide bonds. The number of carbonyl (C=O) groups excluding carboxylic acids is 2. The Bertz CT molecular complexity index is 503. The molecule has 0 bridgehead atoms. The van der Waals surface area contributed by atoms with Gasteiger partial charge in [-0.1, -0.05) is 17.7 Å². The lowest BCUT2D eigenvalue weighted by Crippen LogP contribution is -2.39. The maximum absolute atomic E-state index is 12.5. The highest BCUT2D eigenvalue weighted by Gasteiger charge is 2.26. The summed E-state index contributed by atoms with van der Waals surface area (Å²) in [5.74, 6) is 0.287. The molecule has 2 rings (SSSR count). The van der Waals surface area contributed by atoms with Gasteiger partial charge in [-0.3, -0.25) is 9.59 Å². The monoisotopic (exact) mass is 279 g/mol. The summed E-state index contributed by atoms with van der Waals surface area (Å²) in [5.41, 5.74) is 1.57. The lowest BCUT2D eigenvalue weighted by Gasteiger charge is -2.31. The molecule has 1 saturated carbocycles. The SMILES string of the molecule is Cc1ccc(Cl)cc1C(=O)N(C)C1CCC(=O)CC1. The summed E-state index contributed by atoms with van der Waals surface area (Å²) in [6, 6.07) is 5.51. The van der Waals surface area contributed by atoms with E-state index < -0.39 is 0 Å². The number of hydrogen-bond donors (Lipinski definition) is 0. The second-order valence-electron chi connectivity index (χ2n) is 5.15. The maximum atomic E-state index is 12.5. The van der Waals surface area contributed by atoms with Crippen LogP contribution in [-0.2, 0) is 4.79 Å². The van der Waals surface area contributed by atoms with Crippen molar-refractivity contribution in [2.45, 2.75) is 38.6 Å². The summed E-state index contributed by atoms with van der Waals surface area (Å²) in [4.78, 5) is 25.5. The average molecular weight is 280 g/mol. The minimum Gasteiger partial charge on any atom is -0.339 e. The molecule has 0 N–H and O–H groups in total. The maximum Gasteiger partial charge on any atom is 0.254 e. The molecule has 1 aliphatic carbocycles. The Morgan fingerprint density at radius 3 is 2.58 bits per heavy atom. The van der Waals surface area contributed by atoms with Crippen LogP contribution < -0.4 is 0 Å². The summed E-state index contributed by atoms with van der Waals surface area (Å²) in [6.07, 6.45) is 2.69. The lowest BCUT2D eigenvalue weighted by atomic mass is 9.93. The van der Waals surface area contributed by atoms with Crippen LogP contribution in [0.2, 0.25) is 5.02 Å². The number of aryl methyl sites for hydroxylation is 1. The van der Waals surface area contributed by atoms with Crippen molar-refractivity contribution in [3.8, 4) is 0 Å². The van der Waals surface area contributed by atoms with Crippen molar-refractivity contribution < 1.29 is 9.59 Å². The minimum atomic E-state index is -0.0145. The number of Topliss-reactive ketones (excluding diaryl/α,β-unsaturated/α-hetero) is 1. The lowest BCUT2D eigenvalue weighted by molar-refractivity contribution is -0.121. The number of ketones is 1. The Morgan fingerprint density at radius 1 is 1.32 bits per heavy atom. The second-order valence-corrected chi connectivity index (χ2v) is 5.58. The topological polar surface area (TPSA) is 37.4 Å². The molecule has 3 nitrogen and oxygen atoms in total. The molecule has 19 heavy (non-hydrogen) atoms. The first kappa shape index (κ1) is 14.1. The molecule has 0 aliphatic heterocycles. The van der Waals surface area contributed by atoms with Gasteiger partial charge in [0.25, 0.3) is 5.91 Å². The molecule has 4 heteroatoms. The van der Waals surface area contributed by atoms with E-state index in [2.05, 4.69) is 0 Å². The highest BCUT2D eigenvalue weighted by molar-refractivity contribution is 6.31. The fourth-order valence-electron chi connectivity index (χ4n) is 2.49. The van der Waals surface area contributed by atoms with Crippen LogP contribution in [0.1, 0.15) is 41.6 Å². The smallest absolute Gasteiger partial charge is 0.254 e. The molecule has 0 heterocycles. The number of rotatable bonds is 2. The van der Waals surface area contributed by atoms with Crippen LogP contribution >= 0.6 is 11.6 Å². The standard InChI is InChI=1S/C15H18ClNO2/c1-10-3-4-11(16)9-14(10)15(19)17(2)12-5-7-13(18)8-6-12/h3-4,9,12H,5-8H2,1-2H3. The third-order valence-corrected chi connectivity index (χ3v) is 4.05. The summed E-state index contributed by atoms with van der Waals surface area (Å²) in [6.45, 7) is 1.90. The van der Waals surface area contributed by atoms with Crippen LogP contribution in [0.5, 0.6) is 0 Å². The van der Waals surface area contributed by atoms with Gasteiger partial charge >= 0.3 is 0 Å². The molecule has 0 radical (unpaired) electrons. The van der Waals surface area contributed by atoms with E-state index in [1.165, 1.54) is 0 Å². The summed E-state index contributed by atoms with van der Waals surface area (Å²) in [7, 11) is 1.81. The Labute approximate surface area is 118 Å². The van der Waals surface area contributed by atoms with E-state index in [-0.39, 0.29) is 11.9 Å². The first-order valence-corrected chi connectivity index (χ1v) is 6.92. The number of hydrogen-bond acceptors (Lipinski definition) is 2. The van der Waals surface area contributed by atoms with Crippen molar-refractivity contribution in [2.75, 3.05) is 7.05 Å². The summed E-state index contributed by atoms with van der Waals surface area (Å²) in [5, 5.41) is 0.571. The van der Waals surface area contributed by atoms with Crippen molar-refractivity contribution in [2.24, 2.45) is 0 Å². The molecule has 1 aliphatic rings. The predicted octanol–water partition coefficient (Wildman–Crippen LogP) is 3.23. The molecule has 0 aromatic heterocycles. The highest BCUT2D eigenvalue weighted by Crippen LogP contribution is 2.23. The minimum absolute atomic E-state index is 0.0145.